The van der Waals surface area contributed by atoms with Crippen LogP contribution in [-0.2, 0) is 16.0 Å². The van der Waals surface area contributed by atoms with E-state index in [-0.39, 0.29) is 12.3 Å². The van der Waals surface area contributed by atoms with Gasteiger partial charge in [0.25, 0.3) is 0 Å². The highest BCUT2D eigenvalue weighted by atomic mass is 32.1. The molecule has 0 radical (unpaired) electrons. The largest absolute Gasteiger partial charge is 0.480 e. The van der Waals surface area contributed by atoms with Gasteiger partial charge in [0.15, 0.2) is 0 Å². The molecule has 1 heterocycles. The van der Waals surface area contributed by atoms with Crippen molar-refractivity contribution in [3.63, 3.8) is 0 Å². The van der Waals surface area contributed by atoms with Crippen LogP contribution < -0.4 is 5.32 Å². The van der Waals surface area contributed by atoms with Crippen molar-refractivity contribution in [1.29, 1.82) is 0 Å². The zero-order chi connectivity index (χ0) is 11.4. The number of aryl methyl sites for hydroxylation is 1. The predicted molar refractivity (Wildman–Crippen MR) is 58.0 cm³/mol. The van der Waals surface area contributed by atoms with Crippen molar-refractivity contribution in [2.45, 2.75) is 26.3 Å². The molecule has 0 aliphatic rings. The van der Waals surface area contributed by atoms with Crippen LogP contribution in [0.4, 0.5) is 0 Å². The van der Waals surface area contributed by atoms with Gasteiger partial charge < -0.3 is 10.4 Å². The number of hydrogen-bond donors (Lipinski definition) is 2. The molecule has 1 aromatic heterocycles. The maximum atomic E-state index is 11.4. The van der Waals surface area contributed by atoms with Crippen LogP contribution in [0, 0.1) is 6.92 Å². The average Bonchev–Trinajstić information content (AvgIpc) is 2.51. The third-order valence-electron chi connectivity index (χ3n) is 2.04. The Kier molecular flexibility index (Phi) is 3.85. The normalized spacial score (nSPS) is 12.1. The Morgan fingerprint density at radius 2 is 2.27 bits per heavy atom. The molecule has 0 bridgehead atoms. The molecule has 82 valence electrons. The number of carboxylic acid groups (broad SMARTS) is 1. The molecule has 0 saturated carbocycles. The minimum absolute atomic E-state index is 0.251. The first kappa shape index (κ1) is 11.7. The summed E-state index contributed by atoms with van der Waals surface area (Å²) < 4.78 is 0. The second-order valence-electron chi connectivity index (χ2n) is 3.33. The van der Waals surface area contributed by atoms with E-state index in [0.717, 1.165) is 10.4 Å². The summed E-state index contributed by atoms with van der Waals surface area (Å²) >= 11 is 1.51. The molecule has 1 aromatic rings. The van der Waals surface area contributed by atoms with Gasteiger partial charge in [0.2, 0.25) is 5.91 Å². The number of hydrogen-bond acceptors (Lipinski definition) is 3. The van der Waals surface area contributed by atoms with Crippen LogP contribution >= 0.6 is 11.3 Å². The summed E-state index contributed by atoms with van der Waals surface area (Å²) in [5.74, 6) is -1.28. The van der Waals surface area contributed by atoms with Gasteiger partial charge in [-0.3, -0.25) is 9.59 Å². The summed E-state index contributed by atoms with van der Waals surface area (Å²) in [4.78, 5) is 22.9. The standard InChI is InChI=1S/C10H13NO3S/c1-6-3-4-15-8(6)5-9(12)11-7(2)10(13)14/h3-4,7H,5H2,1-2H3,(H,11,12)(H,13,14)/t7-/m0/s1. The Hall–Kier alpha value is -1.36. The quantitative estimate of drug-likeness (QED) is 0.812. The molecule has 0 aliphatic carbocycles. The van der Waals surface area contributed by atoms with Crippen LogP contribution in [0.3, 0.4) is 0 Å². The number of rotatable bonds is 4. The molecular weight excluding hydrogens is 214 g/mol. The van der Waals surface area contributed by atoms with E-state index in [9.17, 15) is 9.59 Å². The Balaban J connectivity index is 2.50. The minimum atomic E-state index is -1.02. The fourth-order valence-electron chi connectivity index (χ4n) is 1.09. The summed E-state index contributed by atoms with van der Waals surface area (Å²) in [6.45, 7) is 3.38. The fourth-order valence-corrected chi connectivity index (χ4v) is 1.99. The molecule has 0 aliphatic heterocycles. The molecular formula is C10H13NO3S. The lowest BCUT2D eigenvalue weighted by Gasteiger charge is -2.08. The number of aliphatic carboxylic acids is 1. The van der Waals surface area contributed by atoms with Crippen molar-refractivity contribution in [2.24, 2.45) is 0 Å². The van der Waals surface area contributed by atoms with Gasteiger partial charge in [0.1, 0.15) is 6.04 Å². The van der Waals surface area contributed by atoms with Crippen LogP contribution in [0.15, 0.2) is 11.4 Å². The number of carbonyl (C=O) groups is 2. The third-order valence-corrected chi connectivity index (χ3v) is 3.06. The van der Waals surface area contributed by atoms with E-state index in [0.29, 0.717) is 0 Å². The van der Waals surface area contributed by atoms with Crippen molar-refractivity contribution in [3.8, 4) is 0 Å². The second kappa shape index (κ2) is 4.93. The average molecular weight is 227 g/mol. The van der Waals surface area contributed by atoms with E-state index < -0.39 is 12.0 Å². The lowest BCUT2D eigenvalue weighted by Crippen LogP contribution is -2.39. The van der Waals surface area contributed by atoms with Crippen molar-refractivity contribution in [2.75, 3.05) is 0 Å². The first-order chi connectivity index (χ1) is 7.00. The maximum absolute atomic E-state index is 11.4. The van der Waals surface area contributed by atoms with Gasteiger partial charge in [0.05, 0.1) is 6.42 Å². The Bertz CT molecular complexity index is 372. The summed E-state index contributed by atoms with van der Waals surface area (Å²) in [5.41, 5.74) is 1.07. The van der Waals surface area contributed by atoms with Gasteiger partial charge in [-0.25, -0.2) is 0 Å². The molecule has 0 aromatic carbocycles. The van der Waals surface area contributed by atoms with Crippen molar-refractivity contribution >= 4 is 23.2 Å². The number of thiophene rings is 1. The van der Waals surface area contributed by atoms with Gasteiger partial charge in [-0.2, -0.15) is 0 Å². The first-order valence-corrected chi connectivity index (χ1v) is 5.44. The minimum Gasteiger partial charge on any atom is -0.480 e. The Labute approximate surface area is 91.9 Å². The highest BCUT2D eigenvalue weighted by molar-refractivity contribution is 7.10. The van der Waals surface area contributed by atoms with E-state index in [2.05, 4.69) is 5.32 Å². The van der Waals surface area contributed by atoms with Crippen molar-refractivity contribution in [1.82, 2.24) is 5.32 Å². The highest BCUT2D eigenvalue weighted by Gasteiger charge is 2.14. The van der Waals surface area contributed by atoms with E-state index in [1.165, 1.54) is 18.3 Å². The summed E-state index contributed by atoms with van der Waals surface area (Å²) in [6.07, 6.45) is 0.251. The Morgan fingerprint density at radius 3 is 2.73 bits per heavy atom. The van der Waals surface area contributed by atoms with Gasteiger partial charge in [-0.15, -0.1) is 11.3 Å². The molecule has 0 spiro atoms. The Morgan fingerprint density at radius 1 is 1.60 bits per heavy atom. The molecule has 15 heavy (non-hydrogen) atoms. The van der Waals surface area contributed by atoms with Crippen LogP contribution in [0.5, 0.6) is 0 Å². The lowest BCUT2D eigenvalue weighted by atomic mass is 10.2. The highest BCUT2D eigenvalue weighted by Crippen LogP contribution is 2.15. The van der Waals surface area contributed by atoms with Crippen LogP contribution in [0.1, 0.15) is 17.4 Å². The number of carboxylic acids is 1. The molecule has 4 nitrogen and oxygen atoms in total. The summed E-state index contributed by atoms with van der Waals surface area (Å²) in [6, 6.07) is 1.10. The SMILES string of the molecule is Cc1ccsc1CC(=O)N[C@@H](C)C(=O)O. The zero-order valence-corrected chi connectivity index (χ0v) is 9.43. The van der Waals surface area contributed by atoms with E-state index in [1.54, 1.807) is 0 Å². The lowest BCUT2D eigenvalue weighted by molar-refractivity contribution is -0.141. The molecule has 1 amide bonds. The molecule has 0 saturated heterocycles. The predicted octanol–water partition coefficient (Wildman–Crippen LogP) is 1.19. The van der Waals surface area contributed by atoms with E-state index >= 15 is 0 Å². The molecule has 2 N–H and O–H groups in total. The third kappa shape index (κ3) is 3.36. The summed E-state index contributed by atoms with van der Waals surface area (Å²) in [7, 11) is 0. The topological polar surface area (TPSA) is 66.4 Å². The number of amides is 1. The molecule has 0 unspecified atom stereocenters. The van der Waals surface area contributed by atoms with Crippen LogP contribution in [-0.4, -0.2) is 23.0 Å². The van der Waals surface area contributed by atoms with Crippen molar-refractivity contribution < 1.29 is 14.7 Å². The molecule has 1 rings (SSSR count). The first-order valence-electron chi connectivity index (χ1n) is 4.56. The molecule has 0 fully saturated rings. The van der Waals surface area contributed by atoms with E-state index in [1.807, 2.05) is 18.4 Å². The summed E-state index contributed by atoms with van der Waals surface area (Å²) in [5, 5.41) is 12.9. The number of carbonyl (C=O) groups excluding carboxylic acids is 1. The van der Waals surface area contributed by atoms with Gasteiger partial charge >= 0.3 is 5.97 Å². The van der Waals surface area contributed by atoms with Gasteiger partial charge in [0, 0.05) is 4.88 Å². The van der Waals surface area contributed by atoms with Crippen LogP contribution in [0.25, 0.3) is 0 Å². The van der Waals surface area contributed by atoms with Crippen molar-refractivity contribution in [3.05, 3.63) is 21.9 Å². The van der Waals surface area contributed by atoms with Gasteiger partial charge in [-0.1, -0.05) is 0 Å². The smallest absolute Gasteiger partial charge is 0.325 e. The maximum Gasteiger partial charge on any atom is 0.325 e. The van der Waals surface area contributed by atoms with Crippen LogP contribution in [0.2, 0.25) is 0 Å². The molecule has 5 heteroatoms. The monoisotopic (exact) mass is 227 g/mol. The fraction of sp³-hybridized carbons (Fsp3) is 0.400. The second-order valence-corrected chi connectivity index (χ2v) is 4.33. The zero-order valence-electron chi connectivity index (χ0n) is 8.61. The van der Waals surface area contributed by atoms with Gasteiger partial charge in [-0.05, 0) is 30.9 Å². The number of nitrogens with one attached hydrogen (secondary N) is 1. The van der Waals surface area contributed by atoms with E-state index in [4.69, 9.17) is 5.11 Å². The molecule has 1 atom stereocenters.